The molecule has 22 heavy (non-hydrogen) atoms. The van der Waals surface area contributed by atoms with Crippen LogP contribution in [0.5, 0.6) is 0 Å². The summed E-state index contributed by atoms with van der Waals surface area (Å²) in [5.74, 6) is 6.43. The molecule has 1 aliphatic heterocycles. The Labute approximate surface area is 132 Å². The van der Waals surface area contributed by atoms with Gasteiger partial charge < -0.3 is 4.90 Å². The molecule has 118 valence electrons. The Kier molecular flexibility index (Phi) is 6.53. The second-order valence-electron chi connectivity index (χ2n) is 4.10. The summed E-state index contributed by atoms with van der Waals surface area (Å²) < 4.78 is 0. The molecule has 0 bridgehead atoms. The molecule has 1 aromatic carbocycles. The Morgan fingerprint density at radius 3 is 2.18 bits per heavy atom. The number of nitrogens with zero attached hydrogens (tertiary/aromatic N) is 3. The molecule has 2 aromatic rings. The molecule has 0 aliphatic carbocycles. The first-order chi connectivity index (χ1) is 10.7. The lowest BCUT2D eigenvalue weighted by molar-refractivity contribution is 0.0994. The summed E-state index contributed by atoms with van der Waals surface area (Å²) in [6.07, 6.45) is 1.62. The maximum atomic E-state index is 12.3. The van der Waals surface area contributed by atoms with Crippen molar-refractivity contribution in [1.82, 2.24) is 4.98 Å². The second-order valence-corrected chi connectivity index (χ2v) is 4.10. The van der Waals surface area contributed by atoms with Crippen LogP contribution in [0.15, 0.2) is 42.6 Å². The minimum atomic E-state index is -0.112. The first kappa shape index (κ1) is 17.7. The third-order valence-corrected chi connectivity index (χ3v) is 3.05. The predicted octanol–water partition coefficient (Wildman–Crippen LogP) is 3.74. The SMILES string of the molecule is CC.CC.CN1C(=O)c2cccnc2N(N)c2ccccc21. The highest BCUT2D eigenvalue weighted by molar-refractivity contribution is 6.12. The van der Waals surface area contributed by atoms with Crippen LogP contribution in [0.3, 0.4) is 0 Å². The van der Waals surface area contributed by atoms with Crippen LogP contribution in [0, 0.1) is 0 Å². The highest BCUT2D eigenvalue weighted by atomic mass is 16.2. The van der Waals surface area contributed by atoms with Crippen molar-refractivity contribution in [3.8, 4) is 0 Å². The summed E-state index contributed by atoms with van der Waals surface area (Å²) in [6.45, 7) is 8.00. The molecule has 2 N–H and O–H groups in total. The van der Waals surface area contributed by atoms with Gasteiger partial charge in [-0.1, -0.05) is 39.8 Å². The predicted molar refractivity (Wildman–Crippen MR) is 92.4 cm³/mol. The number of rotatable bonds is 0. The van der Waals surface area contributed by atoms with Crippen LogP contribution in [-0.4, -0.2) is 17.9 Å². The van der Waals surface area contributed by atoms with Crippen LogP contribution in [0.25, 0.3) is 0 Å². The number of hydrazine groups is 1. The smallest absolute Gasteiger partial charge is 0.261 e. The van der Waals surface area contributed by atoms with E-state index in [1.165, 1.54) is 5.01 Å². The fourth-order valence-corrected chi connectivity index (χ4v) is 2.11. The van der Waals surface area contributed by atoms with Crippen molar-refractivity contribution >= 4 is 23.1 Å². The Morgan fingerprint density at radius 2 is 1.55 bits per heavy atom. The average molecular weight is 300 g/mol. The van der Waals surface area contributed by atoms with Crippen LogP contribution in [0.2, 0.25) is 0 Å². The van der Waals surface area contributed by atoms with E-state index < -0.39 is 0 Å². The summed E-state index contributed by atoms with van der Waals surface area (Å²) in [4.78, 5) is 18.1. The minimum Gasteiger partial charge on any atom is -0.309 e. The maximum Gasteiger partial charge on any atom is 0.261 e. The number of aromatic nitrogens is 1. The van der Waals surface area contributed by atoms with Crippen molar-refractivity contribution in [2.24, 2.45) is 5.84 Å². The van der Waals surface area contributed by atoms with Gasteiger partial charge in [0.2, 0.25) is 0 Å². The lowest BCUT2D eigenvalue weighted by Crippen LogP contribution is -2.26. The van der Waals surface area contributed by atoms with Crippen molar-refractivity contribution < 1.29 is 4.79 Å². The number of fused-ring (bicyclic) bond motifs is 2. The third kappa shape index (κ3) is 3.09. The molecule has 2 heterocycles. The second kappa shape index (κ2) is 8.14. The largest absolute Gasteiger partial charge is 0.309 e. The summed E-state index contributed by atoms with van der Waals surface area (Å²) in [5.41, 5.74) is 2.02. The molecule has 3 rings (SSSR count). The topological polar surface area (TPSA) is 62.5 Å². The van der Waals surface area contributed by atoms with E-state index in [-0.39, 0.29) is 5.91 Å². The molecule has 0 saturated carbocycles. The number of carbonyl (C=O) groups is 1. The van der Waals surface area contributed by atoms with Crippen molar-refractivity contribution in [3.63, 3.8) is 0 Å². The first-order valence-corrected chi connectivity index (χ1v) is 7.57. The zero-order valence-corrected chi connectivity index (χ0v) is 13.9. The highest BCUT2D eigenvalue weighted by Gasteiger charge is 2.27. The van der Waals surface area contributed by atoms with Gasteiger partial charge in [-0.15, -0.1) is 0 Å². The molecule has 0 atom stereocenters. The molecule has 1 aliphatic rings. The van der Waals surface area contributed by atoms with Gasteiger partial charge in [-0.25, -0.2) is 10.8 Å². The molecule has 1 amide bonds. The Balaban J connectivity index is 0.000000561. The van der Waals surface area contributed by atoms with Crippen molar-refractivity contribution in [3.05, 3.63) is 48.2 Å². The number of nitrogens with two attached hydrogens (primary N) is 1. The average Bonchev–Trinajstić information content (AvgIpc) is 2.70. The van der Waals surface area contributed by atoms with Crippen molar-refractivity contribution in [2.75, 3.05) is 17.0 Å². The number of benzene rings is 1. The molecule has 0 fully saturated rings. The number of amides is 1. The quantitative estimate of drug-likeness (QED) is 0.753. The highest BCUT2D eigenvalue weighted by Crippen LogP contribution is 2.36. The molecular formula is C17H24N4O. The van der Waals surface area contributed by atoms with Gasteiger partial charge in [-0.3, -0.25) is 9.80 Å². The van der Waals surface area contributed by atoms with Gasteiger partial charge in [-0.2, -0.15) is 0 Å². The fraction of sp³-hybridized carbons (Fsp3) is 0.294. The number of pyridine rings is 1. The van der Waals surface area contributed by atoms with E-state index in [0.29, 0.717) is 11.4 Å². The van der Waals surface area contributed by atoms with Crippen LogP contribution in [0.4, 0.5) is 17.2 Å². The summed E-state index contributed by atoms with van der Waals surface area (Å²) in [5, 5.41) is 1.45. The van der Waals surface area contributed by atoms with Gasteiger partial charge in [0.05, 0.1) is 16.9 Å². The molecule has 0 saturated heterocycles. The lowest BCUT2D eigenvalue weighted by atomic mass is 10.2. The van der Waals surface area contributed by atoms with E-state index in [2.05, 4.69) is 4.98 Å². The van der Waals surface area contributed by atoms with Crippen LogP contribution >= 0.6 is 0 Å². The molecule has 5 heteroatoms. The maximum absolute atomic E-state index is 12.3. The van der Waals surface area contributed by atoms with Gasteiger partial charge in [0, 0.05) is 13.2 Å². The summed E-state index contributed by atoms with van der Waals surface area (Å²) in [6, 6.07) is 10.9. The molecule has 0 radical (unpaired) electrons. The number of hydrogen-bond acceptors (Lipinski definition) is 4. The summed E-state index contributed by atoms with van der Waals surface area (Å²) >= 11 is 0. The normalized spacial score (nSPS) is 12.0. The molecule has 0 unspecified atom stereocenters. The standard InChI is InChI=1S/C13H12N4O.2C2H6/c1-16-10-6-2-3-7-11(10)17(14)12-9(13(16)18)5-4-8-15-12;2*1-2/h2-8H,14H2,1H3;2*1-2H3. The van der Waals surface area contributed by atoms with Gasteiger partial charge in [0.25, 0.3) is 5.91 Å². The number of anilines is 3. The van der Waals surface area contributed by atoms with E-state index >= 15 is 0 Å². The zero-order chi connectivity index (χ0) is 16.7. The van der Waals surface area contributed by atoms with E-state index in [9.17, 15) is 4.79 Å². The van der Waals surface area contributed by atoms with Crippen LogP contribution in [0.1, 0.15) is 38.1 Å². The fourth-order valence-electron chi connectivity index (χ4n) is 2.11. The molecule has 0 spiro atoms. The number of para-hydroxylation sites is 2. The zero-order valence-electron chi connectivity index (χ0n) is 13.9. The van der Waals surface area contributed by atoms with Gasteiger partial charge >= 0.3 is 0 Å². The van der Waals surface area contributed by atoms with Crippen LogP contribution < -0.4 is 15.8 Å². The molecule has 1 aromatic heterocycles. The first-order valence-electron chi connectivity index (χ1n) is 7.57. The van der Waals surface area contributed by atoms with E-state index in [0.717, 1.165) is 11.4 Å². The van der Waals surface area contributed by atoms with Crippen LogP contribution in [-0.2, 0) is 0 Å². The van der Waals surface area contributed by atoms with Crippen molar-refractivity contribution in [2.45, 2.75) is 27.7 Å². The van der Waals surface area contributed by atoms with Gasteiger partial charge in [-0.05, 0) is 24.3 Å². The van der Waals surface area contributed by atoms with Gasteiger partial charge in [0.15, 0.2) is 5.82 Å². The molecule has 5 nitrogen and oxygen atoms in total. The lowest BCUT2D eigenvalue weighted by Gasteiger charge is -2.20. The van der Waals surface area contributed by atoms with E-state index in [4.69, 9.17) is 5.84 Å². The van der Waals surface area contributed by atoms with Crippen molar-refractivity contribution in [1.29, 1.82) is 0 Å². The minimum absolute atomic E-state index is 0.112. The monoisotopic (exact) mass is 300 g/mol. The number of carbonyl (C=O) groups excluding carboxylic acids is 1. The Bertz CT molecular complexity index is 628. The van der Waals surface area contributed by atoms with Gasteiger partial charge in [0.1, 0.15) is 0 Å². The summed E-state index contributed by atoms with van der Waals surface area (Å²) in [7, 11) is 1.73. The van der Waals surface area contributed by atoms with E-state index in [1.54, 1.807) is 30.3 Å². The number of hydrogen-bond donors (Lipinski definition) is 1. The molecular weight excluding hydrogens is 276 g/mol. The Morgan fingerprint density at radius 1 is 0.955 bits per heavy atom. The third-order valence-electron chi connectivity index (χ3n) is 3.05. The van der Waals surface area contributed by atoms with E-state index in [1.807, 2.05) is 52.0 Å². The Hall–Kier alpha value is -2.40.